The minimum atomic E-state index is 0.426. The van der Waals surface area contributed by atoms with E-state index in [-0.39, 0.29) is 0 Å². The van der Waals surface area contributed by atoms with Gasteiger partial charge in [0.2, 0.25) is 0 Å². The molecule has 2 aromatic rings. The van der Waals surface area contributed by atoms with Gasteiger partial charge in [0, 0.05) is 24.0 Å². The predicted molar refractivity (Wildman–Crippen MR) is 69.7 cm³/mol. The Morgan fingerprint density at radius 1 is 1.29 bits per heavy atom. The number of hydrogen-bond acceptors (Lipinski definition) is 4. The minimum Gasteiger partial charge on any atom is -0.328 e. The quantitative estimate of drug-likeness (QED) is 0.903. The maximum atomic E-state index is 5.79. The molecule has 3 nitrogen and oxygen atoms in total. The van der Waals surface area contributed by atoms with Crippen molar-refractivity contribution < 1.29 is 0 Å². The van der Waals surface area contributed by atoms with E-state index in [9.17, 15) is 0 Å². The van der Waals surface area contributed by atoms with Crippen LogP contribution in [0, 0.1) is 5.92 Å². The average molecular weight is 245 g/mol. The highest BCUT2D eigenvalue weighted by Gasteiger charge is 2.26. The summed E-state index contributed by atoms with van der Waals surface area (Å²) in [6.45, 7) is 0. The number of nitrogens with zero attached hydrogens (tertiary/aromatic N) is 2. The largest absolute Gasteiger partial charge is 0.328 e. The van der Waals surface area contributed by atoms with E-state index in [2.05, 4.69) is 15.3 Å². The van der Waals surface area contributed by atoms with Crippen LogP contribution >= 0.6 is 11.3 Å². The Bertz CT molecular complexity index is 488. The summed E-state index contributed by atoms with van der Waals surface area (Å²) in [6, 6.07) is 6.34. The molecule has 0 amide bonds. The second-order valence-corrected chi connectivity index (χ2v) is 5.59. The Labute approximate surface area is 105 Å². The Morgan fingerprint density at radius 3 is 2.88 bits per heavy atom. The van der Waals surface area contributed by atoms with E-state index >= 15 is 0 Å². The summed E-state index contributed by atoms with van der Waals surface area (Å²) >= 11 is 1.73. The Hall–Kier alpha value is -1.26. The molecule has 88 valence electrons. The lowest BCUT2D eigenvalue weighted by Gasteiger charge is -2.31. The Morgan fingerprint density at radius 2 is 2.18 bits per heavy atom. The van der Waals surface area contributed by atoms with Crippen LogP contribution in [-0.2, 0) is 6.42 Å². The van der Waals surface area contributed by atoms with Gasteiger partial charge in [-0.25, -0.2) is 4.98 Å². The molecular weight excluding hydrogens is 230 g/mol. The van der Waals surface area contributed by atoms with Crippen molar-refractivity contribution in [1.82, 2.24) is 9.97 Å². The van der Waals surface area contributed by atoms with Crippen LogP contribution in [0.15, 0.2) is 29.8 Å². The molecule has 1 aliphatic rings. The van der Waals surface area contributed by atoms with Gasteiger partial charge in [0.05, 0.1) is 16.4 Å². The van der Waals surface area contributed by atoms with Crippen molar-refractivity contribution in [3.63, 3.8) is 0 Å². The maximum absolute atomic E-state index is 5.79. The summed E-state index contributed by atoms with van der Waals surface area (Å²) in [5, 5.41) is 3.30. The van der Waals surface area contributed by atoms with Gasteiger partial charge in [0.15, 0.2) is 0 Å². The number of hydrogen-bond donors (Lipinski definition) is 1. The molecule has 0 spiro atoms. The fourth-order valence-electron chi connectivity index (χ4n) is 2.24. The molecule has 0 aliphatic heterocycles. The average Bonchev–Trinajstić information content (AvgIpc) is 2.77. The standard InChI is InChI=1S/C13H15N3S/c14-10-5-9(6-10)7-13-16-12(8-17-13)11-3-1-2-4-15-11/h1-4,8-10H,5-7,14H2. The summed E-state index contributed by atoms with van der Waals surface area (Å²) in [4.78, 5) is 8.95. The zero-order valence-corrected chi connectivity index (χ0v) is 10.4. The molecule has 1 aliphatic carbocycles. The molecule has 0 saturated heterocycles. The predicted octanol–water partition coefficient (Wildman–Crippen LogP) is 2.48. The summed E-state index contributed by atoms with van der Waals surface area (Å²) in [5.41, 5.74) is 7.75. The first kappa shape index (κ1) is 10.9. The second kappa shape index (κ2) is 4.55. The van der Waals surface area contributed by atoms with Gasteiger partial charge in [-0.1, -0.05) is 6.07 Å². The topological polar surface area (TPSA) is 51.8 Å². The van der Waals surface area contributed by atoms with Crippen LogP contribution in [-0.4, -0.2) is 16.0 Å². The van der Waals surface area contributed by atoms with Crippen LogP contribution in [0.25, 0.3) is 11.4 Å². The van der Waals surface area contributed by atoms with Gasteiger partial charge in [-0.05, 0) is 30.9 Å². The lowest BCUT2D eigenvalue weighted by molar-refractivity contribution is 0.264. The van der Waals surface area contributed by atoms with Gasteiger partial charge in [-0.3, -0.25) is 4.98 Å². The highest BCUT2D eigenvalue weighted by atomic mass is 32.1. The van der Waals surface area contributed by atoms with Crippen molar-refractivity contribution in [2.24, 2.45) is 11.7 Å². The van der Waals surface area contributed by atoms with E-state index in [1.807, 2.05) is 18.2 Å². The van der Waals surface area contributed by atoms with Crippen LogP contribution in [0.5, 0.6) is 0 Å². The second-order valence-electron chi connectivity index (χ2n) is 4.64. The first-order chi connectivity index (χ1) is 8.31. The molecule has 0 aromatic carbocycles. The van der Waals surface area contributed by atoms with Gasteiger partial charge >= 0.3 is 0 Å². The number of nitrogens with two attached hydrogens (primary N) is 1. The summed E-state index contributed by atoms with van der Waals surface area (Å²) in [7, 11) is 0. The fraction of sp³-hybridized carbons (Fsp3) is 0.385. The molecule has 1 fully saturated rings. The normalized spacial score (nSPS) is 23.4. The molecule has 0 bridgehead atoms. The molecule has 0 unspecified atom stereocenters. The monoisotopic (exact) mass is 245 g/mol. The third-order valence-electron chi connectivity index (χ3n) is 3.21. The van der Waals surface area contributed by atoms with Crippen LogP contribution in [0.1, 0.15) is 17.8 Å². The van der Waals surface area contributed by atoms with E-state index in [0.717, 1.165) is 36.6 Å². The number of aromatic nitrogens is 2. The van der Waals surface area contributed by atoms with Crippen molar-refractivity contribution >= 4 is 11.3 Å². The first-order valence-electron chi connectivity index (χ1n) is 5.92. The van der Waals surface area contributed by atoms with Crippen molar-refractivity contribution in [1.29, 1.82) is 0 Å². The molecule has 4 heteroatoms. The summed E-state index contributed by atoms with van der Waals surface area (Å²) in [6.07, 6.45) is 5.18. The SMILES string of the molecule is NC1CC(Cc2nc(-c3ccccn3)cs2)C1. The van der Waals surface area contributed by atoms with E-state index < -0.39 is 0 Å². The van der Waals surface area contributed by atoms with Gasteiger partial charge in [-0.15, -0.1) is 11.3 Å². The van der Waals surface area contributed by atoms with Gasteiger partial charge in [0.25, 0.3) is 0 Å². The molecule has 3 rings (SSSR count). The minimum absolute atomic E-state index is 0.426. The molecule has 2 aromatic heterocycles. The third-order valence-corrected chi connectivity index (χ3v) is 4.09. The van der Waals surface area contributed by atoms with E-state index in [1.54, 1.807) is 17.5 Å². The lowest BCUT2D eigenvalue weighted by Crippen LogP contribution is -2.37. The van der Waals surface area contributed by atoms with Crippen LogP contribution in [0.2, 0.25) is 0 Å². The summed E-state index contributed by atoms with van der Waals surface area (Å²) < 4.78 is 0. The molecule has 17 heavy (non-hydrogen) atoms. The zero-order chi connectivity index (χ0) is 11.7. The highest BCUT2D eigenvalue weighted by Crippen LogP contribution is 2.31. The van der Waals surface area contributed by atoms with E-state index in [1.165, 1.54) is 5.01 Å². The van der Waals surface area contributed by atoms with Crippen molar-refractivity contribution in [3.8, 4) is 11.4 Å². The zero-order valence-electron chi connectivity index (χ0n) is 9.54. The van der Waals surface area contributed by atoms with Crippen LogP contribution in [0.4, 0.5) is 0 Å². The number of thiazole rings is 1. The first-order valence-corrected chi connectivity index (χ1v) is 6.80. The van der Waals surface area contributed by atoms with Gasteiger partial charge < -0.3 is 5.73 Å². The molecular formula is C13H15N3S. The molecule has 2 N–H and O–H groups in total. The third kappa shape index (κ3) is 2.37. The highest BCUT2D eigenvalue weighted by molar-refractivity contribution is 7.09. The lowest BCUT2D eigenvalue weighted by atomic mass is 9.79. The van der Waals surface area contributed by atoms with E-state index in [0.29, 0.717) is 6.04 Å². The number of pyridine rings is 1. The summed E-state index contributed by atoms with van der Waals surface area (Å²) in [5.74, 6) is 0.743. The fourth-order valence-corrected chi connectivity index (χ4v) is 3.14. The smallest absolute Gasteiger partial charge is 0.0998 e. The van der Waals surface area contributed by atoms with Gasteiger partial charge in [0.1, 0.15) is 0 Å². The van der Waals surface area contributed by atoms with E-state index in [4.69, 9.17) is 5.73 Å². The van der Waals surface area contributed by atoms with Gasteiger partial charge in [-0.2, -0.15) is 0 Å². The Balaban J connectivity index is 1.70. The van der Waals surface area contributed by atoms with Crippen molar-refractivity contribution in [2.45, 2.75) is 25.3 Å². The van der Waals surface area contributed by atoms with Crippen LogP contribution in [0.3, 0.4) is 0 Å². The van der Waals surface area contributed by atoms with Crippen molar-refractivity contribution in [3.05, 3.63) is 34.8 Å². The maximum Gasteiger partial charge on any atom is 0.0998 e. The van der Waals surface area contributed by atoms with Crippen molar-refractivity contribution in [2.75, 3.05) is 0 Å². The molecule has 2 heterocycles. The van der Waals surface area contributed by atoms with Crippen LogP contribution < -0.4 is 5.73 Å². The molecule has 0 radical (unpaired) electrons. The molecule has 0 atom stereocenters. The molecule has 1 saturated carbocycles. The Kier molecular flexibility index (Phi) is 2.91. The number of rotatable bonds is 3.